The Morgan fingerprint density at radius 3 is 2.72 bits per heavy atom. The summed E-state index contributed by atoms with van der Waals surface area (Å²) >= 11 is 3.52. The molecule has 1 aliphatic rings. The molecule has 1 aromatic carbocycles. The van der Waals surface area contributed by atoms with Crippen LogP contribution in [0.3, 0.4) is 0 Å². The fraction of sp³-hybridized carbons (Fsp3) is 0.611. The maximum atomic E-state index is 11.9. The van der Waals surface area contributed by atoms with Gasteiger partial charge >= 0.3 is 0 Å². The molecule has 0 bridgehead atoms. The average Bonchev–Trinajstić information content (AvgIpc) is 3.02. The Balaban J connectivity index is 0.00000288. The molecule has 1 heterocycles. The lowest BCUT2D eigenvalue weighted by atomic mass is 10.1. The van der Waals surface area contributed by atoms with E-state index in [4.69, 9.17) is 5.73 Å². The number of nitrogens with one attached hydrogen (secondary N) is 1. The molecule has 1 atom stereocenters. The summed E-state index contributed by atoms with van der Waals surface area (Å²) in [4.78, 5) is 14.3. The van der Waals surface area contributed by atoms with E-state index in [9.17, 15) is 4.79 Å². The van der Waals surface area contributed by atoms with Gasteiger partial charge in [0.25, 0.3) is 0 Å². The number of rotatable bonds is 9. The highest BCUT2D eigenvalue weighted by atomic mass is 79.9. The zero-order valence-electron chi connectivity index (χ0n) is 14.6. The molecule has 0 aliphatic carbocycles. The average molecular weight is 455 g/mol. The molecule has 25 heavy (non-hydrogen) atoms. The van der Waals surface area contributed by atoms with Crippen molar-refractivity contribution in [2.75, 3.05) is 31.1 Å². The molecule has 0 radical (unpaired) electrons. The third-order valence-electron chi connectivity index (χ3n) is 4.41. The van der Waals surface area contributed by atoms with Gasteiger partial charge in [-0.2, -0.15) is 0 Å². The summed E-state index contributed by atoms with van der Waals surface area (Å²) in [5, 5.41) is 3.10. The molecule has 1 aromatic rings. The second-order valence-electron chi connectivity index (χ2n) is 6.34. The Morgan fingerprint density at radius 1 is 1.24 bits per heavy atom. The van der Waals surface area contributed by atoms with Crippen LogP contribution in [0.5, 0.6) is 0 Å². The Kier molecular flexibility index (Phi) is 13.4. The van der Waals surface area contributed by atoms with Crippen molar-refractivity contribution in [1.82, 2.24) is 5.32 Å². The Bertz CT molecular complexity index is 505. The van der Waals surface area contributed by atoms with E-state index in [1.807, 2.05) is 6.07 Å². The molecule has 1 aliphatic heterocycles. The van der Waals surface area contributed by atoms with E-state index in [2.05, 4.69) is 44.3 Å². The molecule has 0 spiro atoms. The number of nitrogens with two attached hydrogens (primary N) is 1. The number of nitrogens with zero attached hydrogens (tertiary/aromatic N) is 1. The van der Waals surface area contributed by atoms with Gasteiger partial charge in [-0.25, -0.2) is 0 Å². The maximum Gasteiger partial charge on any atom is 0.220 e. The van der Waals surface area contributed by atoms with Gasteiger partial charge < -0.3 is 16.0 Å². The lowest BCUT2D eigenvalue weighted by molar-refractivity contribution is -0.121. The zero-order chi connectivity index (χ0) is 16.5. The summed E-state index contributed by atoms with van der Waals surface area (Å²) in [6.07, 6.45) is 6.06. The highest BCUT2D eigenvalue weighted by Gasteiger charge is 2.23. The molecule has 1 amide bonds. The topological polar surface area (TPSA) is 58.4 Å². The maximum absolute atomic E-state index is 11.9. The number of halogens is 3. The predicted octanol–water partition coefficient (Wildman–Crippen LogP) is 4.14. The minimum absolute atomic E-state index is 0. The van der Waals surface area contributed by atoms with Gasteiger partial charge in [-0.05, 0) is 49.9 Å². The molecule has 0 aromatic heterocycles. The van der Waals surface area contributed by atoms with Crippen LogP contribution in [0.1, 0.15) is 38.5 Å². The van der Waals surface area contributed by atoms with Gasteiger partial charge in [0.1, 0.15) is 0 Å². The summed E-state index contributed by atoms with van der Waals surface area (Å²) in [6.45, 7) is 3.64. The van der Waals surface area contributed by atoms with Crippen molar-refractivity contribution in [2.24, 2.45) is 11.7 Å². The van der Waals surface area contributed by atoms with E-state index >= 15 is 0 Å². The van der Waals surface area contributed by atoms with E-state index in [-0.39, 0.29) is 30.7 Å². The fourth-order valence-corrected chi connectivity index (χ4v) is 3.42. The van der Waals surface area contributed by atoms with Gasteiger partial charge in [-0.15, -0.1) is 24.8 Å². The van der Waals surface area contributed by atoms with Crippen LogP contribution in [0, 0.1) is 5.92 Å². The van der Waals surface area contributed by atoms with Crippen molar-refractivity contribution < 1.29 is 4.79 Å². The molecule has 7 heteroatoms. The first-order valence-corrected chi connectivity index (χ1v) is 9.45. The van der Waals surface area contributed by atoms with Gasteiger partial charge in [0.05, 0.1) is 0 Å². The summed E-state index contributed by atoms with van der Waals surface area (Å²) in [5.74, 6) is 0.744. The van der Waals surface area contributed by atoms with Crippen LogP contribution in [0.4, 0.5) is 5.69 Å². The van der Waals surface area contributed by atoms with Gasteiger partial charge in [-0.1, -0.05) is 34.8 Å². The molecule has 2 rings (SSSR count). The standard InChI is InChI=1S/C18H28BrN3O.2ClH/c19-16-6-5-7-17(12-16)22-11-9-15(14-22)13-21-18(23)8-3-1-2-4-10-20;;/h5-7,12,15H,1-4,8-11,13-14,20H2,(H,21,23);2*1H. The van der Waals surface area contributed by atoms with Crippen LogP contribution in [-0.4, -0.2) is 32.1 Å². The third kappa shape index (κ3) is 9.13. The highest BCUT2D eigenvalue weighted by Crippen LogP contribution is 2.25. The normalized spacial score (nSPS) is 16.1. The summed E-state index contributed by atoms with van der Waals surface area (Å²) in [6, 6.07) is 8.42. The van der Waals surface area contributed by atoms with E-state index in [1.165, 1.54) is 5.69 Å². The summed E-state index contributed by atoms with van der Waals surface area (Å²) in [5.41, 5.74) is 6.72. The number of anilines is 1. The first kappa shape index (κ1) is 24.5. The second-order valence-corrected chi connectivity index (χ2v) is 7.25. The Hall–Kier alpha value is -0.490. The molecule has 1 fully saturated rings. The second kappa shape index (κ2) is 13.7. The Morgan fingerprint density at radius 2 is 2.00 bits per heavy atom. The van der Waals surface area contributed by atoms with Crippen LogP contribution < -0.4 is 16.0 Å². The predicted molar refractivity (Wildman–Crippen MR) is 114 cm³/mol. The molecule has 1 unspecified atom stereocenters. The minimum atomic E-state index is 0. The molecular weight excluding hydrogens is 425 g/mol. The molecule has 0 saturated carbocycles. The molecular formula is C18H30BrCl2N3O. The van der Waals surface area contributed by atoms with Gasteiger partial charge in [0.2, 0.25) is 5.91 Å². The number of hydrogen-bond acceptors (Lipinski definition) is 3. The smallest absolute Gasteiger partial charge is 0.220 e. The number of amides is 1. The van der Waals surface area contributed by atoms with E-state index in [0.717, 1.165) is 62.8 Å². The Labute approximate surface area is 172 Å². The number of benzene rings is 1. The van der Waals surface area contributed by atoms with Crippen molar-refractivity contribution in [2.45, 2.75) is 38.5 Å². The fourth-order valence-electron chi connectivity index (χ4n) is 3.04. The largest absolute Gasteiger partial charge is 0.371 e. The van der Waals surface area contributed by atoms with E-state index < -0.39 is 0 Å². The summed E-state index contributed by atoms with van der Waals surface area (Å²) in [7, 11) is 0. The number of hydrogen-bond donors (Lipinski definition) is 2. The van der Waals surface area contributed by atoms with Crippen LogP contribution in [-0.2, 0) is 4.79 Å². The van der Waals surface area contributed by atoms with Crippen molar-refractivity contribution in [1.29, 1.82) is 0 Å². The first-order chi connectivity index (χ1) is 11.2. The highest BCUT2D eigenvalue weighted by molar-refractivity contribution is 9.10. The number of carbonyl (C=O) groups is 1. The van der Waals surface area contributed by atoms with E-state index in [1.54, 1.807) is 0 Å². The van der Waals surface area contributed by atoms with Gasteiger partial charge in [-0.3, -0.25) is 4.79 Å². The monoisotopic (exact) mass is 453 g/mol. The molecule has 4 nitrogen and oxygen atoms in total. The van der Waals surface area contributed by atoms with Gasteiger partial charge in [0.15, 0.2) is 0 Å². The van der Waals surface area contributed by atoms with Crippen LogP contribution in [0.2, 0.25) is 0 Å². The molecule has 144 valence electrons. The van der Waals surface area contributed by atoms with Crippen molar-refractivity contribution in [3.8, 4) is 0 Å². The number of unbranched alkanes of at least 4 members (excludes halogenated alkanes) is 3. The first-order valence-electron chi connectivity index (χ1n) is 8.66. The van der Waals surface area contributed by atoms with Crippen LogP contribution in [0.15, 0.2) is 28.7 Å². The molecule has 1 saturated heterocycles. The van der Waals surface area contributed by atoms with Crippen molar-refractivity contribution in [3.63, 3.8) is 0 Å². The quantitative estimate of drug-likeness (QED) is 0.551. The van der Waals surface area contributed by atoms with Crippen molar-refractivity contribution in [3.05, 3.63) is 28.7 Å². The lowest BCUT2D eigenvalue weighted by Gasteiger charge is -2.19. The van der Waals surface area contributed by atoms with E-state index in [0.29, 0.717) is 12.3 Å². The van der Waals surface area contributed by atoms with Gasteiger partial charge in [0, 0.05) is 36.2 Å². The lowest BCUT2D eigenvalue weighted by Crippen LogP contribution is -2.30. The third-order valence-corrected chi connectivity index (χ3v) is 4.90. The minimum Gasteiger partial charge on any atom is -0.371 e. The van der Waals surface area contributed by atoms with Crippen LogP contribution in [0.25, 0.3) is 0 Å². The van der Waals surface area contributed by atoms with Crippen LogP contribution >= 0.6 is 40.7 Å². The zero-order valence-corrected chi connectivity index (χ0v) is 17.8. The molecule has 3 N–H and O–H groups in total. The number of carbonyl (C=O) groups excluding carboxylic acids is 1. The summed E-state index contributed by atoms with van der Waals surface area (Å²) < 4.78 is 1.11. The van der Waals surface area contributed by atoms with Crippen molar-refractivity contribution >= 4 is 52.3 Å². The SMILES string of the molecule is Cl.Cl.NCCCCCCC(=O)NCC1CCN(c2cccc(Br)c2)C1.